The summed E-state index contributed by atoms with van der Waals surface area (Å²) in [6, 6.07) is 11.6. The monoisotopic (exact) mass is 517 g/mol. The van der Waals surface area contributed by atoms with Gasteiger partial charge in [0.15, 0.2) is 0 Å². The number of hydrogen-bond acceptors (Lipinski definition) is 4. The maximum Gasteiger partial charge on any atom is 0.231 e. The Balaban J connectivity index is 1.17. The van der Waals surface area contributed by atoms with Gasteiger partial charge in [0.2, 0.25) is 5.91 Å². The van der Waals surface area contributed by atoms with Gasteiger partial charge in [0.1, 0.15) is 5.82 Å². The minimum absolute atomic E-state index is 0.220. The van der Waals surface area contributed by atoms with Crippen LogP contribution in [0.4, 0.5) is 0 Å². The number of para-hydroxylation sites is 2. The molecule has 0 radical (unpaired) electrons. The number of nitrogens with zero attached hydrogens (tertiary/aromatic N) is 4. The van der Waals surface area contributed by atoms with E-state index in [0.29, 0.717) is 18.5 Å². The third kappa shape index (κ3) is 4.81. The van der Waals surface area contributed by atoms with E-state index in [2.05, 4.69) is 38.6 Å². The smallest absolute Gasteiger partial charge is 0.231 e. The van der Waals surface area contributed by atoms with Gasteiger partial charge in [-0.15, -0.1) is 0 Å². The zero-order valence-corrected chi connectivity index (χ0v) is 23.1. The second-order valence-electron chi connectivity index (χ2n) is 13.6. The molecular formula is C32H47N5O. The molecule has 7 atom stereocenters. The molecule has 1 aromatic carbocycles. The van der Waals surface area contributed by atoms with E-state index in [-0.39, 0.29) is 5.91 Å². The van der Waals surface area contributed by atoms with Crippen molar-refractivity contribution in [3.63, 3.8) is 0 Å². The topological polar surface area (TPSA) is 67.4 Å². The van der Waals surface area contributed by atoms with Gasteiger partial charge in [-0.05, 0) is 88.3 Å². The number of carbonyl (C=O) groups is 1. The molecule has 6 nitrogen and oxygen atoms in total. The van der Waals surface area contributed by atoms with Crippen LogP contribution in [0.3, 0.4) is 0 Å². The molecule has 206 valence electrons. The molecular weight excluding hydrogens is 470 g/mol. The second-order valence-corrected chi connectivity index (χ2v) is 13.6. The molecule has 5 fully saturated rings. The molecule has 2 N–H and O–H groups in total. The van der Waals surface area contributed by atoms with Crippen molar-refractivity contribution in [3.05, 3.63) is 30.1 Å². The summed E-state index contributed by atoms with van der Waals surface area (Å²) in [5, 5.41) is 0. The van der Waals surface area contributed by atoms with Crippen LogP contribution in [0.2, 0.25) is 0 Å². The van der Waals surface area contributed by atoms with Crippen molar-refractivity contribution in [1.82, 2.24) is 19.4 Å². The van der Waals surface area contributed by atoms with E-state index in [1.807, 2.05) is 0 Å². The summed E-state index contributed by atoms with van der Waals surface area (Å²) in [6.45, 7) is 2.22. The SMILES string of the molecule is NC(=O)CN1CCC[C@H](c2nc3ccccc3n2C2C[C@H]3CCC[C@@H](C2)N3C2C[C@H]3CCCC[C@@H](C2)C3)C1. The minimum atomic E-state index is -0.220. The highest BCUT2D eigenvalue weighted by atomic mass is 16.1. The number of likely N-dealkylation sites (tertiary alicyclic amines) is 1. The summed E-state index contributed by atoms with van der Waals surface area (Å²) >= 11 is 0. The summed E-state index contributed by atoms with van der Waals surface area (Å²) in [4.78, 5) is 22.3. The van der Waals surface area contributed by atoms with Crippen LogP contribution in [-0.4, -0.2) is 63.0 Å². The van der Waals surface area contributed by atoms with Gasteiger partial charge < -0.3 is 10.3 Å². The molecule has 2 aromatic rings. The molecule has 1 amide bonds. The Morgan fingerprint density at radius 1 is 0.816 bits per heavy atom. The molecule has 38 heavy (non-hydrogen) atoms. The summed E-state index contributed by atoms with van der Waals surface area (Å²) in [5.74, 6) is 3.38. The van der Waals surface area contributed by atoms with Gasteiger partial charge in [-0.1, -0.05) is 44.2 Å². The fourth-order valence-corrected chi connectivity index (χ4v) is 9.67. The highest BCUT2D eigenvalue weighted by molar-refractivity contribution is 5.77. The lowest BCUT2D eigenvalue weighted by molar-refractivity contribution is -0.119. The van der Waals surface area contributed by atoms with Crippen molar-refractivity contribution in [3.8, 4) is 0 Å². The average molecular weight is 518 g/mol. The van der Waals surface area contributed by atoms with Gasteiger partial charge in [0.25, 0.3) is 0 Å². The summed E-state index contributed by atoms with van der Waals surface area (Å²) in [5.41, 5.74) is 8.03. The zero-order valence-electron chi connectivity index (χ0n) is 23.1. The lowest BCUT2D eigenvalue weighted by Gasteiger charge is -2.55. The lowest BCUT2D eigenvalue weighted by Crippen LogP contribution is -2.58. The van der Waals surface area contributed by atoms with Crippen LogP contribution < -0.4 is 5.73 Å². The van der Waals surface area contributed by atoms with Gasteiger partial charge in [0, 0.05) is 36.6 Å². The number of benzene rings is 1. The number of carbonyl (C=O) groups excluding carboxylic acids is 1. The predicted molar refractivity (Wildman–Crippen MR) is 152 cm³/mol. The number of hydrogen-bond donors (Lipinski definition) is 1. The molecule has 2 saturated carbocycles. The number of imidazole rings is 1. The van der Waals surface area contributed by atoms with Crippen LogP contribution in [0.25, 0.3) is 11.0 Å². The average Bonchev–Trinajstić information content (AvgIpc) is 3.21. The van der Waals surface area contributed by atoms with Crippen molar-refractivity contribution < 1.29 is 4.79 Å². The van der Waals surface area contributed by atoms with E-state index in [1.165, 1.54) is 88.4 Å². The molecule has 6 heteroatoms. The van der Waals surface area contributed by atoms with E-state index < -0.39 is 0 Å². The van der Waals surface area contributed by atoms with Crippen molar-refractivity contribution in [2.24, 2.45) is 17.6 Å². The van der Waals surface area contributed by atoms with E-state index in [4.69, 9.17) is 10.7 Å². The van der Waals surface area contributed by atoms with Crippen molar-refractivity contribution >= 4 is 16.9 Å². The molecule has 0 spiro atoms. The fourth-order valence-electron chi connectivity index (χ4n) is 9.67. The molecule has 5 aliphatic rings. The Morgan fingerprint density at radius 2 is 1.55 bits per heavy atom. The maximum atomic E-state index is 11.7. The number of primary amides is 1. The number of aromatic nitrogens is 2. The summed E-state index contributed by atoms with van der Waals surface area (Å²) in [7, 11) is 0. The third-order valence-corrected chi connectivity index (χ3v) is 11.0. The Morgan fingerprint density at radius 3 is 2.29 bits per heavy atom. The largest absolute Gasteiger partial charge is 0.369 e. The standard InChI is InChI=1S/C32H47N5O/c33-31(38)21-35-14-6-9-24(20-35)32-34-29-12-3-4-13-30(29)37(32)28-18-25-10-5-11-26(19-28)36(25)27-16-22-7-1-2-8-23(15-22)17-27/h3-4,12-13,22-28H,1-2,5-11,14-21H2,(H2,33,38)/t22-,23+,24-,25-,26+,27?,28?/m0/s1. The summed E-state index contributed by atoms with van der Waals surface area (Å²) in [6.07, 6.45) is 19.3. The number of amides is 1. The van der Waals surface area contributed by atoms with E-state index in [1.54, 1.807) is 0 Å². The zero-order chi connectivity index (χ0) is 25.6. The van der Waals surface area contributed by atoms with Crippen LogP contribution in [0, 0.1) is 11.8 Å². The maximum absolute atomic E-state index is 11.7. The number of rotatable bonds is 5. The number of piperidine rings is 3. The fraction of sp³-hybridized carbons (Fsp3) is 0.750. The molecule has 1 aromatic heterocycles. The first kappa shape index (κ1) is 25.1. The first-order valence-electron chi connectivity index (χ1n) is 15.9. The quantitative estimate of drug-likeness (QED) is 0.559. The molecule has 4 heterocycles. The van der Waals surface area contributed by atoms with Crippen LogP contribution >= 0.6 is 0 Å². The van der Waals surface area contributed by atoms with Gasteiger partial charge in [-0.3, -0.25) is 14.6 Å². The molecule has 3 saturated heterocycles. The molecule has 3 aliphatic heterocycles. The van der Waals surface area contributed by atoms with Gasteiger partial charge in [-0.25, -0.2) is 4.98 Å². The van der Waals surface area contributed by atoms with Crippen molar-refractivity contribution in [1.29, 1.82) is 0 Å². The molecule has 2 aliphatic carbocycles. The normalized spacial score (nSPS) is 36.7. The van der Waals surface area contributed by atoms with Gasteiger partial charge in [0.05, 0.1) is 17.6 Å². The van der Waals surface area contributed by atoms with E-state index in [0.717, 1.165) is 61.4 Å². The van der Waals surface area contributed by atoms with Crippen LogP contribution in [0.5, 0.6) is 0 Å². The Labute approximate surface area is 228 Å². The van der Waals surface area contributed by atoms with Crippen molar-refractivity contribution in [2.45, 2.75) is 120 Å². The third-order valence-electron chi connectivity index (χ3n) is 11.0. The minimum Gasteiger partial charge on any atom is -0.369 e. The number of nitrogens with two attached hydrogens (primary N) is 1. The Kier molecular flexibility index (Phi) is 6.98. The first-order chi connectivity index (χ1) is 18.6. The highest BCUT2D eigenvalue weighted by Gasteiger charge is 2.45. The van der Waals surface area contributed by atoms with E-state index in [9.17, 15) is 4.79 Å². The van der Waals surface area contributed by atoms with Crippen molar-refractivity contribution in [2.75, 3.05) is 19.6 Å². The molecule has 4 bridgehead atoms. The van der Waals surface area contributed by atoms with E-state index >= 15 is 0 Å². The Bertz CT molecular complexity index is 1120. The van der Waals surface area contributed by atoms with Gasteiger partial charge >= 0.3 is 0 Å². The predicted octanol–water partition coefficient (Wildman–Crippen LogP) is 5.62. The molecule has 2 unspecified atom stereocenters. The summed E-state index contributed by atoms with van der Waals surface area (Å²) < 4.78 is 2.68. The Hall–Kier alpha value is -1.92. The highest BCUT2D eigenvalue weighted by Crippen LogP contribution is 2.48. The lowest BCUT2D eigenvalue weighted by atomic mass is 9.73. The van der Waals surface area contributed by atoms with Crippen LogP contribution in [0.15, 0.2) is 24.3 Å². The van der Waals surface area contributed by atoms with Gasteiger partial charge in [-0.2, -0.15) is 0 Å². The first-order valence-corrected chi connectivity index (χ1v) is 15.9. The van der Waals surface area contributed by atoms with Crippen LogP contribution in [0.1, 0.15) is 108 Å². The number of fused-ring (bicyclic) bond motifs is 5. The van der Waals surface area contributed by atoms with Crippen LogP contribution in [-0.2, 0) is 4.79 Å². The second kappa shape index (κ2) is 10.6. The molecule has 7 rings (SSSR count).